The number of sulfonamides is 5. The number of carbonyl (C=O) groups is 12. The molecule has 2 N–H and O–H groups in total. The predicted octanol–water partition coefficient (Wildman–Crippen LogP) is 5.41. The Hall–Kier alpha value is -13.4. The van der Waals surface area contributed by atoms with Crippen molar-refractivity contribution in [2.45, 2.75) is 49.0 Å². The summed E-state index contributed by atoms with van der Waals surface area (Å²) in [7, 11) is -18.5. The van der Waals surface area contributed by atoms with Crippen LogP contribution >= 0.6 is 0 Å². The summed E-state index contributed by atoms with van der Waals surface area (Å²) >= 11 is 0. The molecular formula is C87H75N7O24S5. The maximum Gasteiger partial charge on any atom is 0.298 e. The minimum Gasteiger partial charge on any atom is -0.425 e. The SMILES string of the molecule is CC(=O)NCC1=CC2C(C(=O)C1=O)C(c1ccccc1)=CN2S(=O)(=O)c1ccccc1.CC1=CC2C(C(=O)C1=O)C(c1ccccc1)=CN2S(C)(=O)=O.CS(=O)(=O)N1C=C(c2ccccc2)C2C(=O)C(=O)C(CO)=CC21.CS(=O)(=O)N1C=C(c2ccccc2)C2C(=O)C(=O)C(OC=O)=CC21.[C-]#[N+]C1=CC2C(C(=O)C1=O)C(c1ccccc1)=CN2S(C)(=O)=O. The van der Waals surface area contributed by atoms with Crippen molar-refractivity contribution in [1.82, 2.24) is 26.8 Å². The topological polar surface area (TPSA) is 438 Å². The van der Waals surface area contributed by atoms with Gasteiger partial charge in [0, 0.05) is 55.6 Å². The summed E-state index contributed by atoms with van der Waals surface area (Å²) in [5, 5.41) is 11.8. The molecule has 10 atom stereocenters. The molecule has 5 aliphatic heterocycles. The second-order valence-electron chi connectivity index (χ2n) is 29.3. The average Bonchev–Trinajstić information content (AvgIpc) is 1.61. The number of ketones is 10. The van der Waals surface area contributed by atoms with E-state index in [0.29, 0.717) is 55.7 Å². The lowest BCUT2D eigenvalue weighted by molar-refractivity contribution is -0.141. The molecule has 0 spiro atoms. The van der Waals surface area contributed by atoms with E-state index < -0.39 is 180 Å². The number of hydrogen-bond donors (Lipinski definition) is 2. The first-order valence-corrected chi connectivity index (χ1v) is 46.1. The number of nitrogens with zero attached hydrogens (tertiary/aromatic N) is 6. The normalized spacial score (nSPS) is 23.3. The maximum atomic E-state index is 13.4. The summed E-state index contributed by atoms with van der Waals surface area (Å²) in [6.07, 6.45) is 18.1. The molecule has 10 unspecified atom stereocenters. The van der Waals surface area contributed by atoms with Gasteiger partial charge in [-0.2, -0.15) is 0 Å². The number of aliphatic hydroxyl groups excluding tert-OH is 1. The number of amides is 1. The van der Waals surface area contributed by atoms with Crippen molar-refractivity contribution >= 4 is 148 Å². The monoisotopic (exact) mass is 1760 g/mol. The fourth-order valence-corrected chi connectivity index (χ4v) is 20.9. The van der Waals surface area contributed by atoms with Gasteiger partial charge in [0.15, 0.2) is 5.76 Å². The molecule has 6 aromatic rings. The average molecular weight is 1760 g/mol. The van der Waals surface area contributed by atoms with Crippen molar-refractivity contribution in [2.75, 3.05) is 38.2 Å². The highest BCUT2D eigenvalue weighted by molar-refractivity contribution is 7.89. The number of aliphatic hydroxyl groups is 1. The molecule has 0 radical (unpaired) electrons. The Balaban J connectivity index is 0.000000141. The summed E-state index contributed by atoms with van der Waals surface area (Å²) in [5.74, 6) is -12.6. The second kappa shape index (κ2) is 35.3. The van der Waals surface area contributed by atoms with Crippen molar-refractivity contribution in [3.05, 3.63) is 311 Å². The van der Waals surface area contributed by atoms with Gasteiger partial charge in [0.05, 0.1) is 103 Å². The third-order valence-electron chi connectivity index (χ3n) is 21.3. The molecular weight excluding hydrogens is 1690 g/mol. The number of benzene rings is 6. The minimum atomic E-state index is -3.98. The number of Topliss-reactive ketones (excluding diaryl/α,β-unsaturated/α-hetero) is 10. The third-order valence-corrected chi connectivity index (χ3v) is 27.5. The highest BCUT2D eigenvalue weighted by Crippen LogP contribution is 2.47. The smallest absolute Gasteiger partial charge is 0.298 e. The first-order valence-electron chi connectivity index (χ1n) is 37.3. The fraction of sp³-hybridized carbons (Fsp3) is 0.207. The molecule has 0 saturated carbocycles. The van der Waals surface area contributed by atoms with Crippen LogP contribution < -0.4 is 5.32 Å². The van der Waals surface area contributed by atoms with E-state index in [-0.39, 0.29) is 40.7 Å². The van der Waals surface area contributed by atoms with E-state index in [2.05, 4.69) is 14.9 Å². The van der Waals surface area contributed by atoms with E-state index in [0.717, 1.165) is 47.8 Å². The van der Waals surface area contributed by atoms with Crippen LogP contribution in [0, 0.1) is 36.2 Å². The summed E-state index contributed by atoms with van der Waals surface area (Å²) in [6.45, 7) is 9.15. The Labute approximate surface area is 707 Å². The third kappa shape index (κ3) is 17.9. The van der Waals surface area contributed by atoms with Gasteiger partial charge in [-0.1, -0.05) is 194 Å². The van der Waals surface area contributed by atoms with Gasteiger partial charge in [-0.05, 0) is 86.4 Å². The Morgan fingerprint density at radius 2 is 0.683 bits per heavy atom. The van der Waals surface area contributed by atoms with Crippen LogP contribution in [0.4, 0.5) is 0 Å². The van der Waals surface area contributed by atoms with Crippen LogP contribution in [0.2, 0.25) is 0 Å². The fourth-order valence-electron chi connectivity index (χ4n) is 15.7. The lowest BCUT2D eigenvalue weighted by atomic mass is 9.79. The molecule has 5 aliphatic carbocycles. The van der Waals surface area contributed by atoms with Crippen LogP contribution in [0.1, 0.15) is 41.7 Å². The summed E-state index contributed by atoms with van der Waals surface area (Å²) in [6, 6.07) is 48.2. The number of carbonyl (C=O) groups excluding carboxylic acids is 12. The first kappa shape index (κ1) is 88.8. The Kier molecular flexibility index (Phi) is 25.5. The molecule has 0 aromatic heterocycles. The number of fused-ring (bicyclic) bond motifs is 5. The molecule has 632 valence electrons. The molecule has 0 fully saturated rings. The van der Waals surface area contributed by atoms with Crippen molar-refractivity contribution in [3.63, 3.8) is 0 Å². The van der Waals surface area contributed by atoms with Crippen molar-refractivity contribution in [2.24, 2.45) is 29.6 Å². The van der Waals surface area contributed by atoms with E-state index >= 15 is 0 Å². The van der Waals surface area contributed by atoms with Crippen LogP contribution in [0.3, 0.4) is 0 Å². The van der Waals surface area contributed by atoms with E-state index in [4.69, 9.17) is 6.57 Å². The number of hydrogen-bond acceptors (Lipinski definition) is 24. The highest BCUT2D eigenvalue weighted by Gasteiger charge is 2.54. The van der Waals surface area contributed by atoms with Gasteiger partial charge < -0.3 is 15.2 Å². The van der Waals surface area contributed by atoms with E-state index in [1.165, 1.54) is 85.6 Å². The zero-order chi connectivity index (χ0) is 89.3. The van der Waals surface area contributed by atoms with Crippen LogP contribution in [-0.2, 0) is 112 Å². The summed E-state index contributed by atoms with van der Waals surface area (Å²) < 4.78 is 133. The van der Waals surface area contributed by atoms with Crippen LogP contribution in [0.5, 0.6) is 0 Å². The number of allylic oxidation sites excluding steroid dienone is 3. The maximum absolute atomic E-state index is 13.4. The van der Waals surface area contributed by atoms with Crippen LogP contribution in [0.15, 0.2) is 276 Å². The quantitative estimate of drug-likeness (QED) is 0.0694. The molecule has 16 rings (SSSR count). The van der Waals surface area contributed by atoms with Crippen molar-refractivity contribution in [1.29, 1.82) is 0 Å². The Morgan fingerprint density at radius 1 is 0.398 bits per heavy atom. The van der Waals surface area contributed by atoms with Crippen molar-refractivity contribution in [3.8, 4) is 0 Å². The predicted molar refractivity (Wildman–Crippen MR) is 446 cm³/mol. The largest absolute Gasteiger partial charge is 0.425 e. The lowest BCUT2D eigenvalue weighted by Crippen LogP contribution is -2.45. The van der Waals surface area contributed by atoms with E-state index in [1.807, 2.05) is 30.3 Å². The van der Waals surface area contributed by atoms with Gasteiger partial charge in [0.1, 0.15) is 0 Å². The first-order chi connectivity index (χ1) is 58.1. The lowest BCUT2D eigenvalue weighted by Gasteiger charge is -2.30. The van der Waals surface area contributed by atoms with Gasteiger partial charge >= 0.3 is 0 Å². The molecule has 0 bridgehead atoms. The van der Waals surface area contributed by atoms with E-state index in [1.54, 1.807) is 146 Å². The molecule has 1 amide bonds. The number of ether oxygens (including phenoxy) is 1. The molecule has 5 heterocycles. The summed E-state index contributed by atoms with van der Waals surface area (Å²) in [4.78, 5) is 149. The van der Waals surface area contributed by atoms with Crippen LogP contribution in [-0.4, -0.2) is 207 Å². The standard InChI is InChI=1S/C23H20N2O5S.C16H12N2O4S.C16H13NO6S.C16H15NO5S.C16H15NO4S/c1-15(26)24-13-17-12-20-21(23(28)22(17)27)19(16-8-4-2-5-9-16)14-25(20)31(29,30)18-10-6-3-7-11-18;1-17-12-8-13-14(16(20)15(12)19)11(9-18(13)23(2,21)22)10-6-4-3-5-7-10;1-24(21,22)17-8-11(10-5-3-2-4-6-10)14-12(17)7-13(23-9-18)15(19)16(14)20;1-23(21,22)17-8-12(10-5-3-2-4-6-10)14-13(17)7-11(9-18)15(19)16(14)20;1-10-8-13-14(16(19)15(10)18)12(9-17(13)22(2,20)21)11-6-4-3-5-7-11/h2-12,14,20-21H,13H2,1H3,(H,24,26);3-9,13-14H,2H3;2-9,12,14H,1H3;2-8,13-14,18H,9H2,1H3;3-9,13-14H,1-2H3. The highest BCUT2D eigenvalue weighted by atomic mass is 32.2. The van der Waals surface area contributed by atoms with Gasteiger partial charge in [-0.3, -0.25) is 79.1 Å². The van der Waals surface area contributed by atoms with E-state index in [9.17, 15) is 105 Å². The minimum absolute atomic E-state index is 0.0304. The molecule has 36 heteroatoms. The molecule has 0 saturated heterocycles. The van der Waals surface area contributed by atoms with Gasteiger partial charge in [-0.15, -0.1) is 0 Å². The zero-order valence-corrected chi connectivity index (χ0v) is 70.0. The molecule has 6 aromatic carbocycles. The molecule has 31 nitrogen and oxygen atoms in total. The summed E-state index contributed by atoms with van der Waals surface area (Å²) in [5.41, 5.74) is 5.86. The Bertz CT molecular complexity index is 6480. The Morgan fingerprint density at radius 3 is 1.02 bits per heavy atom. The zero-order valence-electron chi connectivity index (χ0n) is 65.9. The van der Waals surface area contributed by atoms with Gasteiger partial charge in [-0.25, -0.2) is 46.9 Å². The van der Waals surface area contributed by atoms with Gasteiger partial charge in [0.2, 0.25) is 104 Å². The van der Waals surface area contributed by atoms with Gasteiger partial charge in [0.25, 0.3) is 22.3 Å². The van der Waals surface area contributed by atoms with Crippen LogP contribution in [0.25, 0.3) is 32.7 Å². The second-order valence-corrected chi connectivity index (χ2v) is 38.7. The van der Waals surface area contributed by atoms with Crippen molar-refractivity contribution < 1.29 is 109 Å². The molecule has 123 heavy (non-hydrogen) atoms. The number of rotatable bonds is 16. The number of nitrogens with one attached hydrogen (secondary N) is 1. The molecule has 10 aliphatic rings.